The van der Waals surface area contributed by atoms with Crippen LogP contribution in [0.2, 0.25) is 0 Å². The Morgan fingerprint density at radius 3 is 2.50 bits per heavy atom. The van der Waals surface area contributed by atoms with E-state index in [-0.39, 0.29) is 16.4 Å². The summed E-state index contributed by atoms with van der Waals surface area (Å²) in [6, 6.07) is 10.3. The molecule has 0 aliphatic heterocycles. The molecule has 0 fully saturated rings. The minimum absolute atomic E-state index is 0.0491. The zero-order chi connectivity index (χ0) is 13.1. The number of hydrogen-bond donors (Lipinski definition) is 2. The largest absolute Gasteiger partial charge is 0.389 e. The molecule has 5 heteroatoms. The lowest BCUT2D eigenvalue weighted by molar-refractivity contribution is 0.626. The number of thiocarbonyl (C=S) groups is 1. The Morgan fingerprint density at radius 1 is 1.11 bits per heavy atom. The first-order chi connectivity index (χ1) is 8.58. The van der Waals surface area contributed by atoms with Crippen molar-refractivity contribution in [3.8, 4) is 0 Å². The normalized spacial score (nSPS) is 10.1. The Morgan fingerprint density at radius 2 is 1.83 bits per heavy atom. The fourth-order valence-electron chi connectivity index (χ4n) is 1.60. The molecule has 0 saturated carbocycles. The Kier molecular flexibility index (Phi) is 3.53. The van der Waals surface area contributed by atoms with E-state index in [9.17, 15) is 8.78 Å². The van der Waals surface area contributed by atoms with Crippen LogP contribution in [0.1, 0.15) is 5.56 Å². The number of benzene rings is 2. The Labute approximate surface area is 108 Å². The summed E-state index contributed by atoms with van der Waals surface area (Å²) >= 11 is 4.80. The van der Waals surface area contributed by atoms with Gasteiger partial charge in [0.05, 0.1) is 11.3 Å². The molecule has 2 nitrogen and oxygen atoms in total. The quantitative estimate of drug-likeness (QED) is 0.835. The first-order valence-electron chi connectivity index (χ1n) is 5.19. The van der Waals surface area contributed by atoms with Crippen molar-refractivity contribution in [3.05, 3.63) is 59.7 Å². The summed E-state index contributed by atoms with van der Waals surface area (Å²) in [5.74, 6) is -0.891. The molecule has 92 valence electrons. The van der Waals surface area contributed by atoms with Gasteiger partial charge in [0, 0.05) is 5.69 Å². The van der Waals surface area contributed by atoms with Crippen LogP contribution >= 0.6 is 12.2 Å². The first kappa shape index (κ1) is 12.4. The number of rotatable bonds is 3. The standard InChI is InChI=1S/C13H10F2N2S/c14-8-3-1-4-9(7-8)17-11-6-2-5-10(15)12(11)13(16)18/h1-7,17H,(H2,16,18). The maximum Gasteiger partial charge on any atom is 0.135 e. The van der Waals surface area contributed by atoms with Crippen LogP contribution in [-0.2, 0) is 0 Å². The third-order valence-electron chi connectivity index (χ3n) is 2.36. The summed E-state index contributed by atoms with van der Waals surface area (Å²) in [4.78, 5) is -0.0491. The third kappa shape index (κ3) is 2.62. The number of nitrogens with one attached hydrogen (secondary N) is 1. The summed E-state index contributed by atoms with van der Waals surface area (Å²) in [6.45, 7) is 0. The Hall–Kier alpha value is -2.01. The highest BCUT2D eigenvalue weighted by Gasteiger charge is 2.11. The molecular weight excluding hydrogens is 254 g/mol. The fraction of sp³-hybridized carbons (Fsp3) is 0. The maximum atomic E-state index is 13.6. The van der Waals surface area contributed by atoms with Gasteiger partial charge in [-0.15, -0.1) is 0 Å². The van der Waals surface area contributed by atoms with E-state index < -0.39 is 5.82 Å². The lowest BCUT2D eigenvalue weighted by Gasteiger charge is -2.11. The van der Waals surface area contributed by atoms with Crippen LogP contribution in [0.4, 0.5) is 20.2 Å². The van der Waals surface area contributed by atoms with Crippen LogP contribution in [0.25, 0.3) is 0 Å². The fourth-order valence-corrected chi connectivity index (χ4v) is 1.81. The highest BCUT2D eigenvalue weighted by Crippen LogP contribution is 2.23. The van der Waals surface area contributed by atoms with Gasteiger partial charge in [0.2, 0.25) is 0 Å². The second-order valence-electron chi connectivity index (χ2n) is 3.66. The number of halogens is 2. The van der Waals surface area contributed by atoms with Crippen molar-refractivity contribution in [3.63, 3.8) is 0 Å². The summed E-state index contributed by atoms with van der Waals surface area (Å²) in [5.41, 5.74) is 6.51. The average Bonchev–Trinajstić information content (AvgIpc) is 2.28. The van der Waals surface area contributed by atoms with E-state index in [4.69, 9.17) is 18.0 Å². The van der Waals surface area contributed by atoms with Gasteiger partial charge in [-0.05, 0) is 30.3 Å². The smallest absolute Gasteiger partial charge is 0.135 e. The molecule has 0 saturated heterocycles. The zero-order valence-electron chi connectivity index (χ0n) is 9.28. The first-order valence-corrected chi connectivity index (χ1v) is 5.59. The van der Waals surface area contributed by atoms with Gasteiger partial charge < -0.3 is 11.1 Å². The average molecular weight is 264 g/mol. The minimum Gasteiger partial charge on any atom is -0.389 e. The lowest BCUT2D eigenvalue weighted by atomic mass is 10.1. The van der Waals surface area contributed by atoms with Gasteiger partial charge in [0.25, 0.3) is 0 Å². The van der Waals surface area contributed by atoms with Crippen molar-refractivity contribution in [2.24, 2.45) is 5.73 Å². The SMILES string of the molecule is NC(=S)c1c(F)cccc1Nc1cccc(F)c1. The molecule has 2 aromatic rings. The van der Waals surface area contributed by atoms with E-state index in [2.05, 4.69) is 5.32 Å². The molecule has 0 aliphatic rings. The number of nitrogens with two attached hydrogens (primary N) is 1. The van der Waals surface area contributed by atoms with Crippen LogP contribution in [0.3, 0.4) is 0 Å². The van der Waals surface area contributed by atoms with E-state index in [1.807, 2.05) is 0 Å². The van der Waals surface area contributed by atoms with Crippen molar-refractivity contribution in [2.45, 2.75) is 0 Å². The topological polar surface area (TPSA) is 38.0 Å². The summed E-state index contributed by atoms with van der Waals surface area (Å²) in [5, 5.41) is 2.89. The van der Waals surface area contributed by atoms with Gasteiger partial charge in [-0.25, -0.2) is 8.78 Å². The van der Waals surface area contributed by atoms with Gasteiger partial charge in [-0.1, -0.05) is 24.4 Å². The van der Waals surface area contributed by atoms with Crippen molar-refractivity contribution in [2.75, 3.05) is 5.32 Å². The highest BCUT2D eigenvalue weighted by molar-refractivity contribution is 7.80. The summed E-state index contributed by atoms with van der Waals surface area (Å²) in [6.07, 6.45) is 0. The molecule has 0 atom stereocenters. The molecule has 0 amide bonds. The van der Waals surface area contributed by atoms with Crippen LogP contribution < -0.4 is 11.1 Å². The van der Waals surface area contributed by atoms with Gasteiger partial charge in [-0.2, -0.15) is 0 Å². The molecule has 18 heavy (non-hydrogen) atoms. The van der Waals surface area contributed by atoms with E-state index in [0.717, 1.165) is 0 Å². The van der Waals surface area contributed by atoms with Gasteiger partial charge in [-0.3, -0.25) is 0 Å². The van der Waals surface area contributed by atoms with E-state index >= 15 is 0 Å². The van der Waals surface area contributed by atoms with Gasteiger partial charge in [0.15, 0.2) is 0 Å². The van der Waals surface area contributed by atoms with Crippen molar-refractivity contribution < 1.29 is 8.78 Å². The Balaban J connectivity index is 2.40. The minimum atomic E-state index is -0.510. The number of anilines is 2. The maximum absolute atomic E-state index is 13.6. The molecule has 3 N–H and O–H groups in total. The lowest BCUT2D eigenvalue weighted by Crippen LogP contribution is -2.14. The molecular formula is C13H10F2N2S. The molecule has 2 aromatic carbocycles. The molecule has 2 rings (SSSR count). The molecule has 0 aliphatic carbocycles. The van der Waals surface area contributed by atoms with Gasteiger partial charge >= 0.3 is 0 Å². The van der Waals surface area contributed by atoms with E-state index in [1.165, 1.54) is 24.3 Å². The molecule has 0 radical (unpaired) electrons. The second kappa shape index (κ2) is 5.10. The van der Waals surface area contributed by atoms with Crippen molar-refractivity contribution >= 4 is 28.6 Å². The van der Waals surface area contributed by atoms with Crippen LogP contribution in [0, 0.1) is 11.6 Å². The summed E-state index contributed by atoms with van der Waals surface area (Å²) in [7, 11) is 0. The third-order valence-corrected chi connectivity index (χ3v) is 2.57. The van der Waals surface area contributed by atoms with Crippen LogP contribution in [0.5, 0.6) is 0 Å². The zero-order valence-corrected chi connectivity index (χ0v) is 10.1. The van der Waals surface area contributed by atoms with E-state index in [0.29, 0.717) is 11.4 Å². The van der Waals surface area contributed by atoms with Crippen LogP contribution in [-0.4, -0.2) is 4.99 Å². The molecule has 0 heterocycles. The van der Waals surface area contributed by atoms with Gasteiger partial charge in [0.1, 0.15) is 16.6 Å². The molecule has 0 aromatic heterocycles. The monoisotopic (exact) mass is 264 g/mol. The van der Waals surface area contributed by atoms with E-state index in [1.54, 1.807) is 18.2 Å². The molecule has 0 bridgehead atoms. The predicted molar refractivity (Wildman–Crippen MR) is 72.0 cm³/mol. The van der Waals surface area contributed by atoms with Crippen molar-refractivity contribution in [1.82, 2.24) is 0 Å². The number of hydrogen-bond acceptors (Lipinski definition) is 2. The molecule has 0 unspecified atom stereocenters. The predicted octanol–water partition coefficient (Wildman–Crippen LogP) is 3.34. The van der Waals surface area contributed by atoms with Crippen LogP contribution in [0.15, 0.2) is 42.5 Å². The second-order valence-corrected chi connectivity index (χ2v) is 4.10. The Bertz CT molecular complexity index is 599. The molecule has 0 spiro atoms. The van der Waals surface area contributed by atoms with Crippen molar-refractivity contribution in [1.29, 1.82) is 0 Å². The summed E-state index contributed by atoms with van der Waals surface area (Å²) < 4.78 is 26.6. The highest BCUT2D eigenvalue weighted by atomic mass is 32.1.